The number of hydrogen-bond acceptors (Lipinski definition) is 4. The molecule has 27 heavy (non-hydrogen) atoms. The van der Waals surface area contributed by atoms with Crippen LogP contribution in [0.15, 0.2) is 53.4 Å². The largest absolute Gasteiger partial charge is 0.495 e. The summed E-state index contributed by atoms with van der Waals surface area (Å²) in [5.41, 5.74) is 0.917. The van der Waals surface area contributed by atoms with Crippen molar-refractivity contribution in [3.05, 3.63) is 54.1 Å². The summed E-state index contributed by atoms with van der Waals surface area (Å²) in [6.07, 6.45) is 3.79. The van der Waals surface area contributed by atoms with Crippen LogP contribution in [0.5, 0.6) is 5.75 Å². The number of ether oxygens (including phenoxy) is 1. The quantitative estimate of drug-likeness (QED) is 0.825. The van der Waals surface area contributed by atoms with Gasteiger partial charge in [0, 0.05) is 18.7 Å². The van der Waals surface area contributed by atoms with Crippen molar-refractivity contribution < 1.29 is 17.9 Å². The second-order valence-corrected chi connectivity index (χ2v) is 8.38. The highest BCUT2D eigenvalue weighted by molar-refractivity contribution is 7.89. The van der Waals surface area contributed by atoms with Gasteiger partial charge < -0.3 is 9.64 Å². The second kappa shape index (κ2) is 8.10. The standard InChI is InChI=1S/C20H24N2O4S/c1-22(18-12-5-6-13-19(18)26-2)20(23)15-8-7-11-17(14-15)27(24,25)21-16-9-3-4-10-16/h5-8,11-14,16,21H,3-4,9-10H2,1-2H3. The van der Waals surface area contributed by atoms with E-state index in [4.69, 9.17) is 4.74 Å². The second-order valence-electron chi connectivity index (χ2n) is 6.67. The molecule has 0 bridgehead atoms. The van der Waals surface area contributed by atoms with Gasteiger partial charge in [-0.3, -0.25) is 4.79 Å². The first kappa shape index (κ1) is 19.4. The van der Waals surface area contributed by atoms with Gasteiger partial charge >= 0.3 is 0 Å². The van der Waals surface area contributed by atoms with Crippen molar-refractivity contribution in [3.8, 4) is 5.75 Å². The highest BCUT2D eigenvalue weighted by Crippen LogP contribution is 2.28. The number of nitrogens with zero attached hydrogens (tertiary/aromatic N) is 1. The summed E-state index contributed by atoms with van der Waals surface area (Å²) in [7, 11) is -0.471. The average Bonchev–Trinajstić information content (AvgIpc) is 3.19. The van der Waals surface area contributed by atoms with E-state index >= 15 is 0 Å². The number of sulfonamides is 1. The van der Waals surface area contributed by atoms with E-state index in [0.717, 1.165) is 25.7 Å². The van der Waals surface area contributed by atoms with Crippen LogP contribution in [0.25, 0.3) is 0 Å². The number of rotatable bonds is 6. The number of methoxy groups -OCH3 is 1. The third-order valence-electron chi connectivity index (χ3n) is 4.82. The zero-order valence-electron chi connectivity index (χ0n) is 15.5. The third kappa shape index (κ3) is 4.31. The molecule has 0 spiro atoms. The van der Waals surface area contributed by atoms with Crippen LogP contribution in [0.3, 0.4) is 0 Å². The molecule has 144 valence electrons. The molecule has 0 radical (unpaired) electrons. The van der Waals surface area contributed by atoms with E-state index in [1.54, 1.807) is 38.4 Å². The number of amides is 1. The van der Waals surface area contributed by atoms with Crippen molar-refractivity contribution in [1.29, 1.82) is 0 Å². The summed E-state index contributed by atoms with van der Waals surface area (Å²) in [5, 5.41) is 0. The first-order valence-corrected chi connectivity index (χ1v) is 10.4. The molecule has 0 atom stereocenters. The summed E-state index contributed by atoms with van der Waals surface area (Å²) in [4.78, 5) is 14.5. The summed E-state index contributed by atoms with van der Waals surface area (Å²) >= 11 is 0. The van der Waals surface area contributed by atoms with Crippen LogP contribution in [0.4, 0.5) is 5.69 Å². The summed E-state index contributed by atoms with van der Waals surface area (Å²) < 4.78 is 33.3. The Morgan fingerprint density at radius 2 is 1.81 bits per heavy atom. The van der Waals surface area contributed by atoms with Gasteiger partial charge in [-0.2, -0.15) is 0 Å². The normalized spacial score (nSPS) is 14.9. The molecule has 1 aliphatic carbocycles. The lowest BCUT2D eigenvalue weighted by atomic mass is 10.2. The van der Waals surface area contributed by atoms with Gasteiger partial charge in [0.05, 0.1) is 17.7 Å². The van der Waals surface area contributed by atoms with E-state index in [0.29, 0.717) is 17.0 Å². The summed E-state index contributed by atoms with van der Waals surface area (Å²) in [6.45, 7) is 0. The molecule has 2 aromatic carbocycles. The number of anilines is 1. The minimum Gasteiger partial charge on any atom is -0.495 e. The smallest absolute Gasteiger partial charge is 0.258 e. The molecule has 0 heterocycles. The Morgan fingerprint density at radius 1 is 1.11 bits per heavy atom. The van der Waals surface area contributed by atoms with Crippen LogP contribution < -0.4 is 14.4 Å². The van der Waals surface area contributed by atoms with Gasteiger partial charge in [-0.05, 0) is 43.2 Å². The molecular formula is C20H24N2O4S. The predicted octanol–water partition coefficient (Wildman–Crippen LogP) is 3.19. The number of para-hydroxylation sites is 2. The maximum Gasteiger partial charge on any atom is 0.258 e. The molecule has 1 aliphatic rings. The van der Waals surface area contributed by atoms with Crippen LogP contribution >= 0.6 is 0 Å². The molecule has 3 rings (SSSR count). The molecule has 0 saturated heterocycles. The fourth-order valence-corrected chi connectivity index (χ4v) is 4.69. The van der Waals surface area contributed by atoms with Crippen molar-refractivity contribution in [3.63, 3.8) is 0 Å². The first-order valence-electron chi connectivity index (χ1n) is 8.96. The lowest BCUT2D eigenvalue weighted by Crippen LogP contribution is -2.33. The van der Waals surface area contributed by atoms with Crippen molar-refractivity contribution >= 4 is 21.6 Å². The Hall–Kier alpha value is -2.38. The number of hydrogen-bond donors (Lipinski definition) is 1. The van der Waals surface area contributed by atoms with Gasteiger partial charge in [-0.15, -0.1) is 0 Å². The van der Waals surface area contributed by atoms with Crippen molar-refractivity contribution in [2.75, 3.05) is 19.1 Å². The molecule has 0 unspecified atom stereocenters. The van der Waals surface area contributed by atoms with Gasteiger partial charge in [-0.25, -0.2) is 13.1 Å². The minimum absolute atomic E-state index is 0.0226. The lowest BCUT2D eigenvalue weighted by molar-refractivity contribution is 0.0992. The van der Waals surface area contributed by atoms with E-state index < -0.39 is 10.0 Å². The summed E-state index contributed by atoms with van der Waals surface area (Å²) in [5.74, 6) is 0.262. The van der Waals surface area contributed by atoms with Gasteiger partial charge in [-0.1, -0.05) is 31.0 Å². The van der Waals surface area contributed by atoms with Gasteiger partial charge in [0.1, 0.15) is 5.75 Å². The molecule has 0 aliphatic heterocycles. The Morgan fingerprint density at radius 3 is 2.52 bits per heavy atom. The molecule has 1 saturated carbocycles. The lowest BCUT2D eigenvalue weighted by Gasteiger charge is -2.20. The monoisotopic (exact) mass is 388 g/mol. The molecule has 7 heteroatoms. The van der Waals surface area contributed by atoms with Crippen LogP contribution in [-0.2, 0) is 10.0 Å². The van der Waals surface area contributed by atoms with E-state index in [1.165, 1.54) is 17.0 Å². The average molecular weight is 388 g/mol. The fourth-order valence-electron chi connectivity index (χ4n) is 3.34. The number of carbonyl (C=O) groups excluding carboxylic acids is 1. The van der Waals surface area contributed by atoms with E-state index in [-0.39, 0.29) is 16.8 Å². The SMILES string of the molecule is COc1ccccc1N(C)C(=O)c1cccc(S(=O)(=O)NC2CCCC2)c1. The Balaban J connectivity index is 1.85. The van der Waals surface area contributed by atoms with Gasteiger partial charge in [0.15, 0.2) is 0 Å². The van der Waals surface area contributed by atoms with Gasteiger partial charge in [0.25, 0.3) is 5.91 Å². The number of nitrogens with one attached hydrogen (secondary N) is 1. The highest BCUT2D eigenvalue weighted by Gasteiger charge is 2.24. The fraction of sp³-hybridized carbons (Fsp3) is 0.350. The minimum atomic E-state index is -3.65. The van der Waals surface area contributed by atoms with Crippen molar-refractivity contribution in [2.24, 2.45) is 0 Å². The van der Waals surface area contributed by atoms with E-state index in [1.807, 2.05) is 12.1 Å². The number of benzene rings is 2. The molecule has 0 aromatic heterocycles. The zero-order chi connectivity index (χ0) is 19.4. The predicted molar refractivity (Wildman–Crippen MR) is 105 cm³/mol. The molecule has 6 nitrogen and oxygen atoms in total. The highest BCUT2D eigenvalue weighted by atomic mass is 32.2. The maximum absolute atomic E-state index is 12.9. The Bertz CT molecular complexity index is 921. The molecule has 1 N–H and O–H groups in total. The van der Waals surface area contributed by atoms with E-state index in [9.17, 15) is 13.2 Å². The van der Waals surface area contributed by atoms with Crippen molar-refractivity contribution in [2.45, 2.75) is 36.6 Å². The van der Waals surface area contributed by atoms with Crippen LogP contribution in [-0.4, -0.2) is 34.5 Å². The van der Waals surface area contributed by atoms with Crippen LogP contribution in [0.1, 0.15) is 36.0 Å². The van der Waals surface area contributed by atoms with E-state index in [2.05, 4.69) is 4.72 Å². The number of carbonyl (C=O) groups is 1. The Labute approximate surface area is 160 Å². The van der Waals surface area contributed by atoms with Crippen molar-refractivity contribution in [1.82, 2.24) is 4.72 Å². The molecule has 1 amide bonds. The third-order valence-corrected chi connectivity index (χ3v) is 6.34. The Kier molecular flexibility index (Phi) is 5.82. The maximum atomic E-state index is 12.9. The van der Waals surface area contributed by atoms with Gasteiger partial charge in [0.2, 0.25) is 10.0 Å². The molecule has 2 aromatic rings. The van der Waals surface area contributed by atoms with Crippen LogP contribution in [0, 0.1) is 0 Å². The molecular weight excluding hydrogens is 364 g/mol. The topological polar surface area (TPSA) is 75.7 Å². The first-order chi connectivity index (χ1) is 12.9. The molecule has 1 fully saturated rings. The summed E-state index contributed by atoms with van der Waals surface area (Å²) in [6, 6.07) is 13.3. The van der Waals surface area contributed by atoms with Crippen LogP contribution in [0.2, 0.25) is 0 Å². The zero-order valence-corrected chi connectivity index (χ0v) is 16.3.